The molecule has 6 heteroatoms. The first-order valence-corrected chi connectivity index (χ1v) is 7.01. The molecule has 1 heterocycles. The van der Waals surface area contributed by atoms with Crippen LogP contribution in [0, 0.1) is 6.92 Å². The first kappa shape index (κ1) is 19.1. The van der Waals surface area contributed by atoms with Gasteiger partial charge in [-0.05, 0) is 36.8 Å². The second kappa shape index (κ2) is 7.57. The van der Waals surface area contributed by atoms with Gasteiger partial charge in [-0.15, -0.1) is 24.8 Å². The van der Waals surface area contributed by atoms with E-state index in [0.29, 0.717) is 0 Å². The molecule has 0 fully saturated rings. The highest BCUT2D eigenvalue weighted by atomic mass is 35.5. The predicted octanol–water partition coefficient (Wildman–Crippen LogP) is 3.64. The van der Waals surface area contributed by atoms with Crippen molar-refractivity contribution in [3.8, 4) is 0 Å². The van der Waals surface area contributed by atoms with Crippen LogP contribution in [0.5, 0.6) is 0 Å². The van der Waals surface area contributed by atoms with E-state index in [1.165, 1.54) is 5.56 Å². The predicted molar refractivity (Wildman–Crippen MR) is 101 cm³/mol. The average molecular weight is 354 g/mol. The number of nitrogens with one attached hydrogen (secondary N) is 1. The zero-order valence-electron chi connectivity index (χ0n) is 13.4. The number of hydrogen-bond donors (Lipinski definition) is 1. The molecule has 4 nitrogen and oxygen atoms in total. The van der Waals surface area contributed by atoms with E-state index >= 15 is 0 Å². The maximum Gasteiger partial charge on any atom is 0.328 e. The van der Waals surface area contributed by atoms with Gasteiger partial charge in [0.15, 0.2) is 0 Å². The van der Waals surface area contributed by atoms with Crippen molar-refractivity contribution in [1.29, 1.82) is 0 Å². The molecule has 0 bridgehead atoms. The Labute approximate surface area is 147 Å². The first-order valence-electron chi connectivity index (χ1n) is 7.01. The Hall–Kier alpha value is -1.91. The Bertz CT molecular complexity index is 851. The van der Waals surface area contributed by atoms with E-state index in [-0.39, 0.29) is 30.5 Å². The number of aromatic nitrogens is 2. The van der Waals surface area contributed by atoms with Crippen LogP contribution in [0.25, 0.3) is 11.0 Å². The summed E-state index contributed by atoms with van der Waals surface area (Å²) in [7, 11) is 3.61. The van der Waals surface area contributed by atoms with E-state index in [9.17, 15) is 4.79 Å². The lowest BCUT2D eigenvalue weighted by Crippen LogP contribution is -2.19. The second-order valence-corrected chi connectivity index (χ2v) is 5.44. The molecule has 3 aromatic rings. The third-order valence-corrected chi connectivity index (χ3v) is 3.88. The van der Waals surface area contributed by atoms with Crippen LogP contribution < -0.4 is 11.0 Å². The average Bonchev–Trinajstić information content (AvgIpc) is 2.71. The van der Waals surface area contributed by atoms with Crippen molar-refractivity contribution in [2.75, 3.05) is 5.32 Å². The van der Waals surface area contributed by atoms with Gasteiger partial charge < -0.3 is 5.32 Å². The molecule has 0 saturated carbocycles. The summed E-state index contributed by atoms with van der Waals surface area (Å²) in [6.07, 6.45) is 0. The van der Waals surface area contributed by atoms with Gasteiger partial charge >= 0.3 is 5.69 Å². The van der Waals surface area contributed by atoms with Gasteiger partial charge in [0.25, 0.3) is 0 Å². The number of halogens is 2. The van der Waals surface area contributed by atoms with Gasteiger partial charge in [0.1, 0.15) is 0 Å². The normalized spacial score (nSPS) is 10.0. The highest BCUT2D eigenvalue weighted by Gasteiger charge is 2.07. The monoisotopic (exact) mass is 353 g/mol. The summed E-state index contributed by atoms with van der Waals surface area (Å²) in [5.74, 6) is 0. The summed E-state index contributed by atoms with van der Waals surface area (Å²) in [6.45, 7) is 2.82. The molecular weight excluding hydrogens is 333 g/mol. The summed E-state index contributed by atoms with van der Waals surface area (Å²) in [5, 5.41) is 3.40. The van der Waals surface area contributed by atoms with Gasteiger partial charge in [-0.2, -0.15) is 0 Å². The van der Waals surface area contributed by atoms with Gasteiger partial charge in [-0.25, -0.2) is 4.79 Å². The Morgan fingerprint density at radius 3 is 2.17 bits per heavy atom. The van der Waals surface area contributed by atoms with Crippen LogP contribution >= 0.6 is 24.8 Å². The maximum atomic E-state index is 11.9. The molecule has 0 aliphatic heterocycles. The molecule has 0 unspecified atom stereocenters. The number of hydrogen-bond acceptors (Lipinski definition) is 2. The number of aryl methyl sites for hydroxylation is 3. The van der Waals surface area contributed by atoms with Crippen LogP contribution in [0.1, 0.15) is 11.1 Å². The lowest BCUT2D eigenvalue weighted by molar-refractivity contribution is 0.795. The summed E-state index contributed by atoms with van der Waals surface area (Å²) < 4.78 is 3.36. The van der Waals surface area contributed by atoms with Crippen molar-refractivity contribution in [2.45, 2.75) is 13.5 Å². The van der Waals surface area contributed by atoms with Gasteiger partial charge in [0.2, 0.25) is 0 Å². The largest absolute Gasteiger partial charge is 0.381 e. The van der Waals surface area contributed by atoms with Crippen LogP contribution in [0.15, 0.2) is 47.3 Å². The fourth-order valence-corrected chi connectivity index (χ4v) is 2.54. The number of benzene rings is 2. The molecular formula is C17H21Cl2N3O. The second-order valence-electron chi connectivity index (χ2n) is 5.44. The Morgan fingerprint density at radius 2 is 1.52 bits per heavy atom. The number of fused-ring (bicyclic) bond motifs is 1. The number of imidazole rings is 1. The van der Waals surface area contributed by atoms with Gasteiger partial charge in [0, 0.05) is 26.3 Å². The Balaban J connectivity index is 0.00000132. The smallest absolute Gasteiger partial charge is 0.328 e. The molecule has 0 aliphatic carbocycles. The Kier molecular flexibility index (Phi) is 6.30. The Morgan fingerprint density at radius 1 is 0.913 bits per heavy atom. The summed E-state index contributed by atoms with van der Waals surface area (Å²) in [5.41, 5.74) is 5.44. The topological polar surface area (TPSA) is 39.0 Å². The third kappa shape index (κ3) is 3.71. The van der Waals surface area contributed by atoms with E-state index < -0.39 is 0 Å². The molecule has 124 valence electrons. The van der Waals surface area contributed by atoms with Gasteiger partial charge in [0.05, 0.1) is 11.0 Å². The standard InChI is InChI=1S/C17H19N3O.2ClH/c1-12-4-7-14(8-5-12)18-11-13-6-9-15-16(10-13)20(3)17(21)19(15)2;;/h4-10,18H,11H2,1-3H3;2*1H. The van der Waals surface area contributed by atoms with E-state index in [1.54, 1.807) is 16.2 Å². The van der Waals surface area contributed by atoms with Crippen molar-refractivity contribution in [3.05, 3.63) is 64.1 Å². The van der Waals surface area contributed by atoms with Crippen molar-refractivity contribution < 1.29 is 0 Å². The van der Waals surface area contributed by atoms with Gasteiger partial charge in [-0.3, -0.25) is 9.13 Å². The van der Waals surface area contributed by atoms with E-state index in [2.05, 4.69) is 48.6 Å². The van der Waals surface area contributed by atoms with Crippen molar-refractivity contribution in [3.63, 3.8) is 0 Å². The van der Waals surface area contributed by atoms with E-state index in [4.69, 9.17) is 0 Å². The molecule has 0 spiro atoms. The molecule has 1 aromatic heterocycles. The van der Waals surface area contributed by atoms with Crippen LogP contribution in [0.3, 0.4) is 0 Å². The molecule has 0 amide bonds. The van der Waals surface area contributed by atoms with Crippen LogP contribution in [0.2, 0.25) is 0 Å². The first-order chi connectivity index (χ1) is 10.1. The fraction of sp³-hybridized carbons (Fsp3) is 0.235. The summed E-state index contributed by atoms with van der Waals surface area (Å²) in [4.78, 5) is 11.9. The summed E-state index contributed by atoms with van der Waals surface area (Å²) in [6, 6.07) is 14.5. The van der Waals surface area contributed by atoms with Crippen molar-refractivity contribution >= 4 is 41.5 Å². The molecule has 3 rings (SSSR count). The van der Waals surface area contributed by atoms with Crippen LogP contribution in [0.4, 0.5) is 5.69 Å². The minimum Gasteiger partial charge on any atom is -0.381 e. The molecule has 0 radical (unpaired) electrons. The molecule has 23 heavy (non-hydrogen) atoms. The van der Waals surface area contributed by atoms with E-state index in [0.717, 1.165) is 28.8 Å². The third-order valence-electron chi connectivity index (χ3n) is 3.88. The number of anilines is 1. The quantitative estimate of drug-likeness (QED) is 0.780. The highest BCUT2D eigenvalue weighted by molar-refractivity contribution is 5.85. The minimum absolute atomic E-state index is 0. The maximum absolute atomic E-state index is 11.9. The van der Waals surface area contributed by atoms with Gasteiger partial charge in [-0.1, -0.05) is 23.8 Å². The number of rotatable bonds is 3. The van der Waals surface area contributed by atoms with Crippen LogP contribution in [-0.4, -0.2) is 9.13 Å². The molecule has 0 saturated heterocycles. The molecule has 1 N–H and O–H groups in total. The van der Waals surface area contributed by atoms with E-state index in [1.807, 2.05) is 13.1 Å². The lowest BCUT2D eigenvalue weighted by Gasteiger charge is -2.07. The van der Waals surface area contributed by atoms with Crippen molar-refractivity contribution in [1.82, 2.24) is 9.13 Å². The van der Waals surface area contributed by atoms with Crippen molar-refractivity contribution in [2.24, 2.45) is 14.1 Å². The SMILES string of the molecule is Cc1ccc(NCc2ccc3c(c2)n(C)c(=O)n3C)cc1.Cl.Cl. The zero-order chi connectivity index (χ0) is 15.0. The molecule has 0 atom stereocenters. The molecule has 2 aromatic carbocycles. The number of nitrogens with zero attached hydrogens (tertiary/aromatic N) is 2. The summed E-state index contributed by atoms with van der Waals surface area (Å²) >= 11 is 0. The zero-order valence-corrected chi connectivity index (χ0v) is 15.0. The fourth-order valence-electron chi connectivity index (χ4n) is 2.54. The minimum atomic E-state index is 0. The highest BCUT2D eigenvalue weighted by Crippen LogP contribution is 2.16. The van der Waals surface area contributed by atoms with Crippen LogP contribution in [-0.2, 0) is 20.6 Å². The lowest BCUT2D eigenvalue weighted by atomic mass is 10.2. The molecule has 0 aliphatic rings.